The number of hydrogen-bond acceptors (Lipinski definition) is 5. The first kappa shape index (κ1) is 9.14. The van der Waals surface area contributed by atoms with Crippen LogP contribution in [0.5, 0.6) is 0 Å². The van der Waals surface area contributed by atoms with E-state index < -0.39 is 26.1 Å². The van der Waals surface area contributed by atoms with Gasteiger partial charge in [0.25, 0.3) is 10.1 Å². The Morgan fingerprint density at radius 2 is 1.33 bits per heavy atom. The lowest BCUT2D eigenvalue weighted by molar-refractivity contribution is 0.379. The van der Waals surface area contributed by atoms with Crippen LogP contribution in [0, 0.1) is 0 Å². The van der Waals surface area contributed by atoms with E-state index in [0.29, 0.717) is 0 Å². The molecular formula is CH6O6S2. The molecule has 0 fully saturated rings. The van der Waals surface area contributed by atoms with Gasteiger partial charge in [0.1, 0.15) is 0 Å². The third-order valence-electron chi connectivity index (χ3n) is 0.307. The molecule has 0 aliphatic carbocycles. The molecule has 0 rings (SSSR count). The lowest BCUT2D eigenvalue weighted by Gasteiger charge is -2.15. The van der Waals surface area contributed by atoms with Crippen LogP contribution < -0.4 is 0 Å². The average Bonchev–Trinajstić information content (AvgIpc) is 1.14. The molecule has 0 bridgehead atoms. The highest BCUT2D eigenvalue weighted by Crippen LogP contribution is 2.33. The minimum absolute atomic E-state index is 1.43. The van der Waals surface area contributed by atoms with Gasteiger partial charge in [-0.1, -0.05) is 0 Å². The van der Waals surface area contributed by atoms with Gasteiger partial charge in [0, 0.05) is 0 Å². The molecule has 0 unspecified atom stereocenters. The first-order valence-electron chi connectivity index (χ1n) is 1.64. The summed E-state index contributed by atoms with van der Waals surface area (Å²) in [6, 6.07) is 0. The Balaban J connectivity index is 4.07. The molecule has 0 spiro atoms. The molecule has 0 aromatic rings. The van der Waals surface area contributed by atoms with Crippen molar-refractivity contribution in [2.45, 2.75) is 0 Å². The van der Waals surface area contributed by atoms with Gasteiger partial charge in [0.15, 0.2) is 5.08 Å². The Labute approximate surface area is 53.4 Å². The molecule has 9 heavy (non-hydrogen) atoms. The summed E-state index contributed by atoms with van der Waals surface area (Å²) in [5.41, 5.74) is 0. The number of rotatable bonds is 2. The minimum atomic E-state index is -4.49. The minimum Gasteiger partial charge on any atom is -0.307 e. The van der Waals surface area contributed by atoms with Gasteiger partial charge in [0.2, 0.25) is 0 Å². The molecule has 0 aliphatic rings. The van der Waals surface area contributed by atoms with Crippen LogP contribution >= 0.6 is 10.9 Å². The summed E-state index contributed by atoms with van der Waals surface area (Å²) in [7, 11) is -8.61. The van der Waals surface area contributed by atoms with Crippen LogP contribution in [-0.4, -0.2) is 31.7 Å². The van der Waals surface area contributed by atoms with Crippen LogP contribution in [0.2, 0.25) is 0 Å². The summed E-state index contributed by atoms with van der Waals surface area (Å²) in [5, 5.41) is -1.43. The molecule has 0 radical (unpaired) electrons. The molecule has 4 N–H and O–H groups in total. The lowest BCUT2D eigenvalue weighted by Crippen LogP contribution is -2.11. The molecule has 58 valence electrons. The van der Waals surface area contributed by atoms with Crippen molar-refractivity contribution in [2.75, 3.05) is 5.08 Å². The van der Waals surface area contributed by atoms with Crippen LogP contribution in [0.1, 0.15) is 0 Å². The van der Waals surface area contributed by atoms with Crippen LogP contribution in [0.3, 0.4) is 0 Å². The van der Waals surface area contributed by atoms with Gasteiger partial charge in [-0.25, -0.2) is 0 Å². The summed E-state index contributed by atoms with van der Waals surface area (Å²) in [5.74, 6) is 0. The Kier molecular flexibility index (Phi) is 2.44. The fraction of sp³-hybridized carbons (Fsp3) is 1.00. The van der Waals surface area contributed by atoms with E-state index in [2.05, 4.69) is 0 Å². The van der Waals surface area contributed by atoms with Crippen molar-refractivity contribution in [3.63, 3.8) is 0 Å². The molecule has 6 nitrogen and oxygen atoms in total. The molecular weight excluding hydrogens is 172 g/mol. The van der Waals surface area contributed by atoms with Gasteiger partial charge in [-0.3, -0.25) is 4.55 Å². The third-order valence-corrected chi connectivity index (χ3v) is 2.76. The molecule has 0 amide bonds. The molecule has 8 heteroatoms. The zero-order chi connectivity index (χ0) is 7.71. The molecule has 0 saturated carbocycles. The van der Waals surface area contributed by atoms with Crippen molar-refractivity contribution in [1.29, 1.82) is 0 Å². The predicted octanol–water partition coefficient (Wildman–Crippen LogP) is 0.0553. The van der Waals surface area contributed by atoms with E-state index in [1.807, 2.05) is 0 Å². The zero-order valence-corrected chi connectivity index (χ0v) is 5.76. The van der Waals surface area contributed by atoms with Crippen LogP contribution in [-0.2, 0) is 10.1 Å². The SMILES string of the molecule is O=S(=O)(O)CS(O)(O)O. The topological polar surface area (TPSA) is 115 Å². The van der Waals surface area contributed by atoms with E-state index in [9.17, 15) is 8.42 Å². The van der Waals surface area contributed by atoms with Gasteiger partial charge < -0.3 is 13.7 Å². The second-order valence-electron chi connectivity index (χ2n) is 1.33. The number of hydrogen-bond donors (Lipinski definition) is 4. The Morgan fingerprint density at radius 1 is 1.00 bits per heavy atom. The summed E-state index contributed by atoms with van der Waals surface area (Å²) in [6.45, 7) is 0. The van der Waals surface area contributed by atoms with Crippen molar-refractivity contribution >= 4 is 21.0 Å². The van der Waals surface area contributed by atoms with E-state index in [0.717, 1.165) is 0 Å². The summed E-state index contributed by atoms with van der Waals surface area (Å²) < 4.78 is 51.4. The van der Waals surface area contributed by atoms with E-state index >= 15 is 0 Å². The van der Waals surface area contributed by atoms with Crippen molar-refractivity contribution < 1.29 is 26.6 Å². The fourth-order valence-electron chi connectivity index (χ4n) is 0.200. The lowest BCUT2D eigenvalue weighted by atomic mass is 11.9. The van der Waals surface area contributed by atoms with Crippen molar-refractivity contribution in [2.24, 2.45) is 0 Å². The summed E-state index contributed by atoms with van der Waals surface area (Å²) in [4.78, 5) is 0. The maximum atomic E-state index is 9.74. The Hall–Kier alpha value is 0.140. The van der Waals surface area contributed by atoms with E-state index in [-0.39, 0.29) is 0 Å². The largest absolute Gasteiger partial charge is 0.307 e. The van der Waals surface area contributed by atoms with Gasteiger partial charge in [-0.05, 0) is 0 Å². The standard InChI is InChI=1S/CH6O6S2/c2-8(3,4)1-9(5,6)7/h2-4H,1H2,(H,5,6,7). The van der Waals surface area contributed by atoms with Crippen LogP contribution in [0.4, 0.5) is 0 Å². The Bertz CT molecular complexity index is 172. The van der Waals surface area contributed by atoms with E-state index in [4.69, 9.17) is 18.2 Å². The fourth-order valence-corrected chi connectivity index (χ4v) is 1.80. The van der Waals surface area contributed by atoms with Crippen LogP contribution in [0.25, 0.3) is 0 Å². The highest BCUT2D eigenvalue weighted by Gasteiger charge is 2.20. The normalized spacial score (nSPS) is 15.6. The zero-order valence-electron chi connectivity index (χ0n) is 4.13. The molecule has 0 aliphatic heterocycles. The third kappa shape index (κ3) is 8.14. The quantitative estimate of drug-likeness (QED) is 0.444. The molecule has 0 saturated heterocycles. The van der Waals surface area contributed by atoms with Gasteiger partial charge in [0.05, 0.1) is 10.9 Å². The molecule has 0 aromatic heterocycles. The molecule has 0 aromatic carbocycles. The highest BCUT2D eigenvalue weighted by atomic mass is 32.3. The second kappa shape index (κ2) is 2.40. The smallest absolute Gasteiger partial charge is 0.279 e. The molecule has 0 heterocycles. The van der Waals surface area contributed by atoms with Crippen molar-refractivity contribution in [3.05, 3.63) is 0 Å². The van der Waals surface area contributed by atoms with E-state index in [1.54, 1.807) is 0 Å². The monoisotopic (exact) mass is 178 g/mol. The van der Waals surface area contributed by atoms with Crippen LogP contribution in [0.15, 0.2) is 0 Å². The average molecular weight is 178 g/mol. The van der Waals surface area contributed by atoms with E-state index in [1.165, 1.54) is 0 Å². The Morgan fingerprint density at radius 3 is 1.33 bits per heavy atom. The second-order valence-corrected chi connectivity index (χ2v) is 4.70. The first-order valence-corrected chi connectivity index (χ1v) is 4.92. The van der Waals surface area contributed by atoms with Crippen molar-refractivity contribution in [3.8, 4) is 0 Å². The summed E-state index contributed by atoms with van der Waals surface area (Å²) >= 11 is 0. The maximum Gasteiger partial charge on any atom is 0.279 e. The summed E-state index contributed by atoms with van der Waals surface area (Å²) in [6.07, 6.45) is 0. The highest BCUT2D eigenvalue weighted by molar-refractivity contribution is 8.25. The van der Waals surface area contributed by atoms with Gasteiger partial charge in [-0.15, -0.1) is 0 Å². The van der Waals surface area contributed by atoms with Gasteiger partial charge in [-0.2, -0.15) is 8.42 Å². The maximum absolute atomic E-state index is 9.74. The predicted molar refractivity (Wildman–Crippen MR) is 31.9 cm³/mol. The molecule has 0 atom stereocenters. The van der Waals surface area contributed by atoms with Gasteiger partial charge >= 0.3 is 0 Å². The van der Waals surface area contributed by atoms with Crippen molar-refractivity contribution in [1.82, 2.24) is 0 Å². The first-order chi connectivity index (χ1) is 3.71.